The van der Waals surface area contributed by atoms with Crippen molar-refractivity contribution >= 4 is 5.91 Å². The van der Waals surface area contributed by atoms with E-state index in [4.69, 9.17) is 4.74 Å². The van der Waals surface area contributed by atoms with Crippen molar-refractivity contribution in [3.63, 3.8) is 0 Å². The number of carbonyl (C=O) groups is 1. The van der Waals surface area contributed by atoms with Crippen molar-refractivity contribution in [2.24, 2.45) is 11.3 Å². The van der Waals surface area contributed by atoms with Gasteiger partial charge >= 0.3 is 0 Å². The molecule has 4 nitrogen and oxygen atoms in total. The maximum atomic E-state index is 12.9. The van der Waals surface area contributed by atoms with Crippen LogP contribution in [-0.4, -0.2) is 23.2 Å². The lowest BCUT2D eigenvalue weighted by Gasteiger charge is -2.32. The molecule has 0 saturated heterocycles. The highest BCUT2D eigenvalue weighted by molar-refractivity contribution is 5.83. The number of rotatable bonds is 8. The van der Waals surface area contributed by atoms with Crippen LogP contribution in [0.5, 0.6) is 5.75 Å². The van der Waals surface area contributed by atoms with E-state index < -0.39 is 11.6 Å². The molecule has 2 aliphatic carbocycles. The van der Waals surface area contributed by atoms with E-state index in [-0.39, 0.29) is 11.8 Å². The molecule has 2 saturated carbocycles. The lowest BCUT2D eigenvalue weighted by molar-refractivity contribution is -0.125. The minimum Gasteiger partial charge on any atom is -0.493 e. The Bertz CT molecular complexity index is 877. The quantitative estimate of drug-likeness (QED) is 0.602. The molecule has 2 N–H and O–H groups in total. The van der Waals surface area contributed by atoms with E-state index in [1.807, 2.05) is 61.5 Å². The Labute approximate surface area is 186 Å². The van der Waals surface area contributed by atoms with Gasteiger partial charge in [-0.3, -0.25) is 4.79 Å². The van der Waals surface area contributed by atoms with Crippen LogP contribution in [0.2, 0.25) is 0 Å². The van der Waals surface area contributed by atoms with Crippen LogP contribution >= 0.6 is 0 Å². The van der Waals surface area contributed by atoms with Crippen molar-refractivity contribution in [1.29, 1.82) is 0 Å². The second-order valence-electron chi connectivity index (χ2n) is 10.2. The molecule has 1 amide bonds. The number of nitrogens with one attached hydrogen (secondary N) is 1. The molecule has 0 unspecified atom stereocenters. The van der Waals surface area contributed by atoms with Crippen LogP contribution in [-0.2, 0) is 4.79 Å². The first-order valence-corrected chi connectivity index (χ1v) is 11.6. The molecule has 0 heterocycles. The Balaban J connectivity index is 1.42. The summed E-state index contributed by atoms with van der Waals surface area (Å²) >= 11 is 0. The van der Waals surface area contributed by atoms with Gasteiger partial charge in [-0.05, 0) is 82.1 Å². The zero-order valence-electron chi connectivity index (χ0n) is 18.9. The van der Waals surface area contributed by atoms with Gasteiger partial charge in [0.25, 0.3) is 0 Å². The van der Waals surface area contributed by atoms with E-state index in [9.17, 15) is 9.90 Å². The first kappa shape index (κ1) is 21.9. The minimum atomic E-state index is -1.10. The third-order valence-electron chi connectivity index (χ3n) is 7.33. The van der Waals surface area contributed by atoms with Gasteiger partial charge in [-0.25, -0.2) is 0 Å². The van der Waals surface area contributed by atoms with Crippen LogP contribution in [0.25, 0.3) is 0 Å². The largest absolute Gasteiger partial charge is 0.493 e. The molecular formula is C27H35NO3. The Morgan fingerprint density at radius 2 is 1.74 bits per heavy atom. The lowest BCUT2D eigenvalue weighted by Crippen LogP contribution is -2.43. The summed E-state index contributed by atoms with van der Waals surface area (Å²) in [6.45, 7) is 6.14. The van der Waals surface area contributed by atoms with Crippen molar-refractivity contribution in [1.82, 2.24) is 5.32 Å². The second kappa shape index (κ2) is 8.66. The maximum Gasteiger partial charge on any atom is 0.227 e. The molecule has 0 aromatic heterocycles. The number of ether oxygens (including phenoxy) is 1. The number of benzene rings is 2. The van der Waals surface area contributed by atoms with Crippen LogP contribution in [0.1, 0.15) is 76.0 Å². The third kappa shape index (κ3) is 4.95. The van der Waals surface area contributed by atoms with Gasteiger partial charge in [-0.2, -0.15) is 0 Å². The Kier molecular flexibility index (Phi) is 6.11. The highest BCUT2D eigenvalue weighted by Crippen LogP contribution is 2.54. The van der Waals surface area contributed by atoms with Gasteiger partial charge in [0, 0.05) is 5.41 Å². The van der Waals surface area contributed by atoms with Crippen molar-refractivity contribution in [3.8, 4) is 5.75 Å². The summed E-state index contributed by atoms with van der Waals surface area (Å²) in [6, 6.07) is 17.0. The molecule has 4 rings (SSSR count). The monoisotopic (exact) mass is 421 g/mol. The maximum absolute atomic E-state index is 12.9. The van der Waals surface area contributed by atoms with Gasteiger partial charge in [0.05, 0.1) is 24.2 Å². The first-order chi connectivity index (χ1) is 14.8. The fraction of sp³-hybridized carbons (Fsp3) is 0.519. The molecule has 2 aromatic rings. The van der Waals surface area contributed by atoms with E-state index in [2.05, 4.69) is 5.32 Å². The average Bonchev–Trinajstić information content (AvgIpc) is 3.37. The topological polar surface area (TPSA) is 58.6 Å². The van der Waals surface area contributed by atoms with Crippen LogP contribution in [0, 0.1) is 11.3 Å². The molecule has 31 heavy (non-hydrogen) atoms. The highest BCUT2D eigenvalue weighted by atomic mass is 16.5. The van der Waals surface area contributed by atoms with Gasteiger partial charge in [-0.15, -0.1) is 0 Å². The van der Waals surface area contributed by atoms with Crippen LogP contribution < -0.4 is 10.1 Å². The number of aliphatic hydroxyl groups is 1. The summed E-state index contributed by atoms with van der Waals surface area (Å²) in [4.78, 5) is 12.9. The summed E-state index contributed by atoms with van der Waals surface area (Å²) in [5.74, 6) is 1.37. The first-order valence-electron chi connectivity index (χ1n) is 11.6. The number of hydrogen-bond donors (Lipinski definition) is 2. The van der Waals surface area contributed by atoms with E-state index >= 15 is 0 Å². The molecule has 0 spiro atoms. The minimum absolute atomic E-state index is 0.102. The summed E-state index contributed by atoms with van der Waals surface area (Å²) < 4.78 is 6.16. The van der Waals surface area contributed by atoms with Crippen molar-refractivity contribution in [3.05, 3.63) is 65.7 Å². The molecule has 0 aliphatic heterocycles. The zero-order chi connectivity index (χ0) is 22.1. The molecule has 2 aliphatic rings. The standard InChI is InChI=1S/C27H35NO3/c1-19(21-7-5-4-6-8-21)25(29)28-24(26(2,3)30)22-9-11-23(12-10-22)31-18-27-15-13-20(17-27)14-16-27/h4-12,19-20,24,30H,13-18H2,1-3H3,(H,28,29)/t19-,20?,24+,27?/m0/s1. The van der Waals surface area contributed by atoms with Gasteiger partial charge in [0.15, 0.2) is 0 Å². The van der Waals surface area contributed by atoms with Crippen LogP contribution in [0.4, 0.5) is 0 Å². The van der Waals surface area contributed by atoms with E-state index in [1.54, 1.807) is 13.8 Å². The number of fused-ring (bicyclic) bond motifs is 2. The summed E-state index contributed by atoms with van der Waals surface area (Å²) in [6.07, 6.45) is 6.62. The SMILES string of the molecule is C[C@H](C(=O)N[C@H](c1ccc(OCC23CCC(CC2)C3)cc1)C(C)(C)O)c1ccccc1. The smallest absolute Gasteiger partial charge is 0.227 e. The Morgan fingerprint density at radius 3 is 2.29 bits per heavy atom. The summed E-state index contributed by atoms with van der Waals surface area (Å²) in [5.41, 5.74) is 1.11. The van der Waals surface area contributed by atoms with Gasteiger partial charge in [0.1, 0.15) is 5.75 Å². The molecule has 2 fully saturated rings. The van der Waals surface area contributed by atoms with Crippen LogP contribution in [0.15, 0.2) is 54.6 Å². The third-order valence-corrected chi connectivity index (χ3v) is 7.33. The fourth-order valence-electron chi connectivity index (χ4n) is 5.33. The predicted octanol–water partition coefficient (Wildman–Crippen LogP) is 5.38. The molecule has 2 aromatic carbocycles. The van der Waals surface area contributed by atoms with E-state index in [1.165, 1.54) is 32.1 Å². The molecule has 0 radical (unpaired) electrons. The van der Waals surface area contributed by atoms with Gasteiger partial charge < -0.3 is 15.2 Å². The molecule has 2 atom stereocenters. The lowest BCUT2D eigenvalue weighted by atomic mass is 9.85. The van der Waals surface area contributed by atoms with Gasteiger partial charge in [0.2, 0.25) is 5.91 Å². The fourth-order valence-corrected chi connectivity index (χ4v) is 5.33. The molecule has 166 valence electrons. The van der Waals surface area contributed by atoms with Crippen molar-refractivity contribution < 1.29 is 14.6 Å². The average molecular weight is 422 g/mol. The zero-order valence-corrected chi connectivity index (χ0v) is 18.9. The predicted molar refractivity (Wildman–Crippen MR) is 123 cm³/mol. The van der Waals surface area contributed by atoms with E-state index in [0.29, 0.717) is 5.41 Å². The molecule has 2 bridgehead atoms. The summed E-state index contributed by atoms with van der Waals surface area (Å²) in [7, 11) is 0. The number of hydrogen-bond acceptors (Lipinski definition) is 3. The van der Waals surface area contributed by atoms with Crippen LogP contribution in [0.3, 0.4) is 0 Å². The number of amides is 1. The van der Waals surface area contributed by atoms with Gasteiger partial charge in [-0.1, -0.05) is 42.5 Å². The summed E-state index contributed by atoms with van der Waals surface area (Å²) in [5, 5.41) is 13.8. The highest BCUT2D eigenvalue weighted by Gasteiger charge is 2.45. The molecule has 4 heteroatoms. The van der Waals surface area contributed by atoms with Crippen molar-refractivity contribution in [2.75, 3.05) is 6.61 Å². The molecular weight excluding hydrogens is 386 g/mol. The van der Waals surface area contributed by atoms with Crippen molar-refractivity contribution in [2.45, 2.75) is 70.4 Å². The number of carbonyl (C=O) groups excluding carboxylic acids is 1. The Hall–Kier alpha value is -2.33. The Morgan fingerprint density at radius 1 is 1.10 bits per heavy atom. The normalized spacial score (nSPS) is 24.6. The second-order valence-corrected chi connectivity index (χ2v) is 10.2. The van der Waals surface area contributed by atoms with E-state index in [0.717, 1.165) is 29.4 Å².